The number of rotatable bonds is 5. The van der Waals surface area contributed by atoms with Gasteiger partial charge in [-0.2, -0.15) is 11.8 Å². The van der Waals surface area contributed by atoms with Gasteiger partial charge in [0.05, 0.1) is 0 Å². The number of hydrogen-bond donors (Lipinski definition) is 2. The maximum absolute atomic E-state index is 13.7. The number of nitrogens with zero attached hydrogens (tertiary/aromatic N) is 3. The van der Waals surface area contributed by atoms with Crippen molar-refractivity contribution in [2.75, 3.05) is 43.6 Å². The summed E-state index contributed by atoms with van der Waals surface area (Å²) in [6.07, 6.45) is 4.65. The number of aliphatic imine (C=N–C) groups is 1. The molecule has 1 fully saturated rings. The Bertz CT molecular complexity index is 488. The predicted molar refractivity (Wildman–Crippen MR) is 103 cm³/mol. The van der Waals surface area contributed by atoms with E-state index in [1.807, 2.05) is 4.90 Å². The molecule has 0 radical (unpaired) electrons. The topological polar surface area (TPSA) is 52.6 Å². The molecule has 2 rings (SSSR count). The van der Waals surface area contributed by atoms with Gasteiger partial charge in [-0.05, 0) is 24.8 Å². The van der Waals surface area contributed by atoms with Crippen molar-refractivity contribution in [3.05, 3.63) is 24.1 Å². The summed E-state index contributed by atoms with van der Waals surface area (Å²) in [5.74, 6) is 2.02. The molecule has 8 heteroatoms. The SMILES string of the molecule is CN=C(NCCSC)NC1CCN(c2ncccc2F)C1.I. The number of pyridine rings is 1. The summed E-state index contributed by atoms with van der Waals surface area (Å²) in [6.45, 7) is 2.41. The quantitative estimate of drug-likeness (QED) is 0.318. The Morgan fingerprint density at radius 1 is 1.59 bits per heavy atom. The zero-order valence-corrected chi connectivity index (χ0v) is 16.0. The molecule has 22 heavy (non-hydrogen) atoms. The van der Waals surface area contributed by atoms with Crippen LogP contribution in [0.3, 0.4) is 0 Å². The number of halogens is 2. The Morgan fingerprint density at radius 3 is 3.09 bits per heavy atom. The lowest BCUT2D eigenvalue weighted by atomic mass is 10.3. The van der Waals surface area contributed by atoms with Gasteiger partial charge in [-0.3, -0.25) is 4.99 Å². The molecule has 5 nitrogen and oxygen atoms in total. The summed E-state index contributed by atoms with van der Waals surface area (Å²) >= 11 is 1.79. The molecule has 0 bridgehead atoms. The number of nitrogens with one attached hydrogen (secondary N) is 2. The van der Waals surface area contributed by atoms with Crippen LogP contribution in [0.2, 0.25) is 0 Å². The highest BCUT2D eigenvalue weighted by molar-refractivity contribution is 14.0. The van der Waals surface area contributed by atoms with Crippen molar-refractivity contribution in [2.24, 2.45) is 4.99 Å². The fourth-order valence-electron chi connectivity index (χ4n) is 2.34. The minimum absolute atomic E-state index is 0. The van der Waals surface area contributed by atoms with Gasteiger partial charge in [0, 0.05) is 44.7 Å². The van der Waals surface area contributed by atoms with Gasteiger partial charge in [0.1, 0.15) is 0 Å². The van der Waals surface area contributed by atoms with Gasteiger partial charge in [0.15, 0.2) is 17.6 Å². The number of hydrogen-bond acceptors (Lipinski definition) is 4. The molecule has 1 aliphatic heterocycles. The van der Waals surface area contributed by atoms with Crippen LogP contribution in [-0.2, 0) is 0 Å². The van der Waals surface area contributed by atoms with Crippen LogP contribution >= 0.6 is 35.7 Å². The van der Waals surface area contributed by atoms with Gasteiger partial charge >= 0.3 is 0 Å². The largest absolute Gasteiger partial charge is 0.356 e. The van der Waals surface area contributed by atoms with Gasteiger partial charge in [0.2, 0.25) is 0 Å². The van der Waals surface area contributed by atoms with Crippen LogP contribution in [0.5, 0.6) is 0 Å². The van der Waals surface area contributed by atoms with Crippen LogP contribution in [-0.4, -0.2) is 55.7 Å². The standard InChI is InChI=1S/C14H22FN5S.HI/c1-16-14(18-7-9-21-2)19-11-5-8-20(10-11)13-12(15)4-3-6-17-13;/h3-4,6,11H,5,7-10H2,1-2H3,(H2,16,18,19);1H. The van der Waals surface area contributed by atoms with E-state index in [9.17, 15) is 4.39 Å². The molecular formula is C14H23FIN5S. The monoisotopic (exact) mass is 439 g/mol. The van der Waals surface area contributed by atoms with E-state index in [0.717, 1.165) is 37.8 Å². The van der Waals surface area contributed by atoms with E-state index in [1.165, 1.54) is 6.07 Å². The number of aromatic nitrogens is 1. The Hall–Kier alpha value is -0.770. The second kappa shape index (κ2) is 10.1. The first kappa shape index (κ1) is 19.3. The normalized spacial score (nSPS) is 18.0. The van der Waals surface area contributed by atoms with Crippen molar-refractivity contribution in [2.45, 2.75) is 12.5 Å². The van der Waals surface area contributed by atoms with E-state index in [2.05, 4.69) is 26.9 Å². The van der Waals surface area contributed by atoms with Crippen LogP contribution in [0.4, 0.5) is 10.2 Å². The van der Waals surface area contributed by atoms with Gasteiger partial charge in [-0.25, -0.2) is 9.37 Å². The van der Waals surface area contributed by atoms with Crippen molar-refractivity contribution < 1.29 is 4.39 Å². The maximum Gasteiger partial charge on any atom is 0.191 e. The van der Waals surface area contributed by atoms with Crippen LogP contribution in [0.25, 0.3) is 0 Å². The van der Waals surface area contributed by atoms with Crippen LogP contribution < -0.4 is 15.5 Å². The maximum atomic E-state index is 13.7. The Kier molecular flexibility index (Phi) is 8.84. The van der Waals surface area contributed by atoms with Crippen molar-refractivity contribution in [1.29, 1.82) is 0 Å². The molecule has 1 saturated heterocycles. The molecule has 2 heterocycles. The third kappa shape index (κ3) is 5.45. The third-order valence-corrected chi connectivity index (χ3v) is 4.00. The molecule has 1 aromatic rings. The van der Waals surface area contributed by atoms with Gasteiger partial charge in [-0.15, -0.1) is 24.0 Å². The van der Waals surface area contributed by atoms with E-state index in [-0.39, 0.29) is 35.8 Å². The summed E-state index contributed by atoms with van der Waals surface area (Å²) in [6, 6.07) is 3.32. The summed E-state index contributed by atoms with van der Waals surface area (Å²) in [4.78, 5) is 10.3. The lowest BCUT2D eigenvalue weighted by molar-refractivity contribution is 0.612. The minimum Gasteiger partial charge on any atom is -0.356 e. The summed E-state index contributed by atoms with van der Waals surface area (Å²) in [5.41, 5.74) is 0. The first-order valence-corrected chi connectivity index (χ1v) is 8.45. The van der Waals surface area contributed by atoms with Gasteiger partial charge < -0.3 is 15.5 Å². The average Bonchev–Trinajstić information content (AvgIpc) is 2.95. The second-order valence-corrected chi connectivity index (χ2v) is 5.86. The number of anilines is 1. The first-order valence-electron chi connectivity index (χ1n) is 7.06. The molecule has 1 aromatic heterocycles. The van der Waals surface area contributed by atoms with Crippen molar-refractivity contribution in [3.8, 4) is 0 Å². The molecule has 1 aliphatic rings. The van der Waals surface area contributed by atoms with Crippen molar-refractivity contribution in [3.63, 3.8) is 0 Å². The van der Waals surface area contributed by atoms with Crippen LogP contribution in [0.15, 0.2) is 23.3 Å². The fraction of sp³-hybridized carbons (Fsp3) is 0.571. The fourth-order valence-corrected chi connectivity index (χ4v) is 2.65. The van der Waals surface area contributed by atoms with Crippen LogP contribution in [0, 0.1) is 5.82 Å². The molecule has 1 unspecified atom stereocenters. The van der Waals surface area contributed by atoms with E-state index in [4.69, 9.17) is 0 Å². The Balaban J connectivity index is 0.00000242. The molecule has 0 spiro atoms. The minimum atomic E-state index is -0.263. The van der Waals surface area contributed by atoms with Crippen molar-refractivity contribution >= 4 is 47.5 Å². The zero-order valence-electron chi connectivity index (χ0n) is 12.9. The number of guanidine groups is 1. The highest BCUT2D eigenvalue weighted by Gasteiger charge is 2.25. The van der Waals surface area contributed by atoms with Crippen LogP contribution in [0.1, 0.15) is 6.42 Å². The summed E-state index contributed by atoms with van der Waals surface area (Å²) < 4.78 is 13.7. The lowest BCUT2D eigenvalue weighted by Gasteiger charge is -2.19. The van der Waals surface area contributed by atoms with Crippen molar-refractivity contribution in [1.82, 2.24) is 15.6 Å². The highest BCUT2D eigenvalue weighted by atomic mass is 127. The molecule has 1 atom stereocenters. The molecule has 0 amide bonds. The highest BCUT2D eigenvalue weighted by Crippen LogP contribution is 2.20. The molecular weight excluding hydrogens is 416 g/mol. The van der Waals surface area contributed by atoms with E-state index in [1.54, 1.807) is 31.1 Å². The first-order chi connectivity index (χ1) is 10.2. The van der Waals surface area contributed by atoms with E-state index >= 15 is 0 Å². The smallest absolute Gasteiger partial charge is 0.191 e. The molecule has 0 saturated carbocycles. The lowest BCUT2D eigenvalue weighted by Crippen LogP contribution is -2.45. The third-order valence-electron chi connectivity index (χ3n) is 3.39. The van der Waals surface area contributed by atoms with Gasteiger partial charge in [0.25, 0.3) is 0 Å². The Morgan fingerprint density at radius 2 is 2.41 bits per heavy atom. The van der Waals surface area contributed by atoms with E-state index < -0.39 is 0 Å². The van der Waals surface area contributed by atoms with Gasteiger partial charge in [-0.1, -0.05) is 0 Å². The average molecular weight is 439 g/mol. The molecule has 2 N–H and O–H groups in total. The van der Waals surface area contributed by atoms with E-state index in [0.29, 0.717) is 5.82 Å². The Labute approximate surface area is 152 Å². The summed E-state index contributed by atoms with van der Waals surface area (Å²) in [5, 5.41) is 6.65. The predicted octanol–water partition coefficient (Wildman–Crippen LogP) is 1.95. The molecule has 124 valence electrons. The summed E-state index contributed by atoms with van der Waals surface area (Å²) in [7, 11) is 1.76. The molecule has 0 aromatic carbocycles. The molecule has 0 aliphatic carbocycles. The zero-order chi connectivity index (χ0) is 15.1. The second-order valence-electron chi connectivity index (χ2n) is 4.88. The number of thioether (sulfide) groups is 1.